The molecular formula is C36H31F3N4O5. The number of hydrogen-bond donors (Lipinski definition) is 1. The van der Waals surface area contributed by atoms with E-state index >= 15 is 4.39 Å². The van der Waals surface area contributed by atoms with Crippen molar-refractivity contribution < 1.29 is 37.3 Å². The van der Waals surface area contributed by atoms with Crippen LogP contribution in [0.4, 0.5) is 13.2 Å². The molecule has 2 saturated heterocycles. The molecular weight excluding hydrogens is 625 g/mol. The standard InChI is InChI=1S/C36H31F3N4O5/c37-29-5-2-25(14-23(29)20-47-33-6-1-21(17-40)13-30(33)38)48-24-7-10-42(11-8-24)19-34-41-35-31(39)15-22(27-3-4-28(27)36(44)45)16-32(35)43(34)18-26-9-12-46-26/h1-2,5-6,13-16,24,26-28H,7-12,18-20H2,(H,44,45)/t26-,27?,28?/m0/s1. The van der Waals surface area contributed by atoms with Gasteiger partial charge < -0.3 is 23.9 Å². The van der Waals surface area contributed by atoms with E-state index in [0.29, 0.717) is 68.3 Å². The molecule has 1 N–H and O–H groups in total. The number of hydrogen-bond acceptors (Lipinski definition) is 7. The van der Waals surface area contributed by atoms with E-state index in [2.05, 4.69) is 16.7 Å². The Hall–Kier alpha value is -5.04. The fourth-order valence-corrected chi connectivity index (χ4v) is 6.27. The van der Waals surface area contributed by atoms with Crippen molar-refractivity contribution in [3.8, 4) is 29.4 Å². The summed E-state index contributed by atoms with van der Waals surface area (Å²) in [4.78, 5) is 18.5. The summed E-state index contributed by atoms with van der Waals surface area (Å²) < 4.78 is 63.5. The van der Waals surface area contributed by atoms with E-state index < -0.39 is 35.3 Å². The number of carbonyl (C=O) groups is 1. The van der Waals surface area contributed by atoms with Crippen molar-refractivity contribution in [3.05, 3.63) is 88.5 Å². The molecule has 0 radical (unpaired) electrons. The first-order valence-corrected chi connectivity index (χ1v) is 15.8. The van der Waals surface area contributed by atoms with Crippen LogP contribution in [0.25, 0.3) is 11.0 Å². The van der Waals surface area contributed by atoms with Gasteiger partial charge in [0.05, 0.1) is 42.3 Å². The number of aromatic nitrogens is 2. The molecule has 0 amide bonds. The predicted octanol–water partition coefficient (Wildman–Crippen LogP) is 5.54. The minimum absolute atomic E-state index is 0.00333. The first-order chi connectivity index (χ1) is 23.2. The number of piperidine rings is 1. The number of aliphatic carboxylic acids is 1. The molecule has 2 aliphatic heterocycles. The highest BCUT2D eigenvalue weighted by atomic mass is 19.1. The van der Waals surface area contributed by atoms with E-state index in [1.54, 1.807) is 12.1 Å². The highest BCUT2D eigenvalue weighted by molar-refractivity contribution is 5.81. The largest absolute Gasteiger partial charge is 0.490 e. The fourth-order valence-electron chi connectivity index (χ4n) is 6.27. The predicted molar refractivity (Wildman–Crippen MR) is 166 cm³/mol. The van der Waals surface area contributed by atoms with Gasteiger partial charge in [0.15, 0.2) is 17.4 Å². The zero-order chi connectivity index (χ0) is 33.4. The van der Waals surface area contributed by atoms with E-state index in [9.17, 15) is 18.7 Å². The van der Waals surface area contributed by atoms with Gasteiger partial charge >= 0.3 is 5.97 Å². The zero-order valence-corrected chi connectivity index (χ0v) is 25.8. The maximum atomic E-state index is 15.4. The third kappa shape index (κ3) is 6.42. The third-order valence-electron chi connectivity index (χ3n) is 9.10. The number of halogens is 3. The molecule has 1 aliphatic carbocycles. The van der Waals surface area contributed by atoms with Crippen LogP contribution in [0.2, 0.25) is 0 Å². The van der Waals surface area contributed by atoms with Crippen LogP contribution < -0.4 is 9.47 Å². The molecule has 2 fully saturated rings. The SMILES string of the molecule is N#Cc1ccc(OCc2cc(OC3CCN(Cc4nc5c(F)cc(C6C#CC6C(=O)O)cc5n4C[C@@H]4CCO4)CC3)ccc2F)c(F)c1. The number of ether oxygens (including phenoxy) is 3. The summed E-state index contributed by atoms with van der Waals surface area (Å²) in [5, 5.41) is 18.4. The van der Waals surface area contributed by atoms with Crippen LogP contribution in [-0.2, 0) is 29.2 Å². The van der Waals surface area contributed by atoms with Crippen molar-refractivity contribution in [1.82, 2.24) is 14.5 Å². The van der Waals surface area contributed by atoms with Gasteiger partial charge in [-0.05, 0) is 73.4 Å². The molecule has 2 unspecified atom stereocenters. The summed E-state index contributed by atoms with van der Waals surface area (Å²) in [5.74, 6) is 2.46. The maximum Gasteiger partial charge on any atom is 0.320 e. The number of rotatable bonds is 11. The maximum absolute atomic E-state index is 15.4. The van der Waals surface area contributed by atoms with Crippen LogP contribution in [-0.4, -0.2) is 57.4 Å². The van der Waals surface area contributed by atoms with Crippen molar-refractivity contribution in [2.24, 2.45) is 5.92 Å². The second kappa shape index (κ2) is 13.2. The Morgan fingerprint density at radius 2 is 1.85 bits per heavy atom. The molecule has 0 bridgehead atoms. The number of carboxylic acid groups (broad SMARTS) is 1. The molecule has 3 heterocycles. The smallest absolute Gasteiger partial charge is 0.320 e. The topological polar surface area (TPSA) is 110 Å². The molecule has 0 spiro atoms. The summed E-state index contributed by atoms with van der Waals surface area (Å²) in [6.07, 6.45) is 2.16. The molecule has 3 aliphatic rings. The molecule has 3 atom stereocenters. The quantitative estimate of drug-likeness (QED) is 0.210. The molecule has 7 rings (SSSR count). The van der Waals surface area contributed by atoms with Crippen molar-refractivity contribution in [3.63, 3.8) is 0 Å². The van der Waals surface area contributed by atoms with Gasteiger partial charge in [-0.3, -0.25) is 9.69 Å². The third-order valence-corrected chi connectivity index (χ3v) is 9.10. The van der Waals surface area contributed by atoms with E-state index in [4.69, 9.17) is 24.5 Å². The van der Waals surface area contributed by atoms with Gasteiger partial charge in [0.25, 0.3) is 0 Å². The summed E-state index contributed by atoms with van der Waals surface area (Å²) in [5.41, 5.74) is 1.74. The van der Waals surface area contributed by atoms with Crippen molar-refractivity contribution in [2.75, 3.05) is 19.7 Å². The van der Waals surface area contributed by atoms with Gasteiger partial charge in [-0.1, -0.05) is 11.8 Å². The molecule has 246 valence electrons. The number of nitrogens with zero attached hydrogens (tertiary/aromatic N) is 4. The zero-order valence-electron chi connectivity index (χ0n) is 25.8. The Bertz CT molecular complexity index is 1990. The van der Waals surface area contributed by atoms with Crippen LogP contribution in [0, 0.1) is 46.5 Å². The van der Waals surface area contributed by atoms with Crippen LogP contribution in [0.3, 0.4) is 0 Å². The molecule has 9 nitrogen and oxygen atoms in total. The number of likely N-dealkylation sites (tertiary alicyclic amines) is 1. The van der Waals surface area contributed by atoms with E-state index in [-0.39, 0.29) is 41.2 Å². The average Bonchev–Trinajstić information content (AvgIpc) is 3.36. The molecule has 1 aromatic heterocycles. The number of nitriles is 1. The monoisotopic (exact) mass is 656 g/mol. The van der Waals surface area contributed by atoms with Gasteiger partial charge in [0.1, 0.15) is 41.5 Å². The van der Waals surface area contributed by atoms with E-state index in [1.165, 1.54) is 24.3 Å². The van der Waals surface area contributed by atoms with Crippen LogP contribution >= 0.6 is 0 Å². The fraction of sp³-hybridized carbons (Fsp3) is 0.361. The number of carboxylic acids is 1. The van der Waals surface area contributed by atoms with Crippen molar-refractivity contribution >= 4 is 17.0 Å². The van der Waals surface area contributed by atoms with Crippen molar-refractivity contribution in [1.29, 1.82) is 5.26 Å². The Balaban J connectivity index is 1.01. The highest BCUT2D eigenvalue weighted by Crippen LogP contribution is 2.34. The van der Waals surface area contributed by atoms with Gasteiger partial charge in [0.2, 0.25) is 0 Å². The number of fused-ring (bicyclic) bond motifs is 1. The number of benzene rings is 3. The first kappa shape index (κ1) is 31.6. The average molecular weight is 657 g/mol. The van der Waals surface area contributed by atoms with Gasteiger partial charge in [-0.2, -0.15) is 5.26 Å². The molecule has 4 aromatic rings. The van der Waals surface area contributed by atoms with Gasteiger partial charge in [-0.15, -0.1) is 0 Å². The van der Waals surface area contributed by atoms with Crippen LogP contribution in [0.5, 0.6) is 11.5 Å². The lowest BCUT2D eigenvalue weighted by Gasteiger charge is -2.32. The lowest BCUT2D eigenvalue weighted by Crippen LogP contribution is -2.39. The lowest BCUT2D eigenvalue weighted by atomic mass is 9.80. The summed E-state index contributed by atoms with van der Waals surface area (Å²) in [7, 11) is 0. The summed E-state index contributed by atoms with van der Waals surface area (Å²) in [6, 6.07) is 13.2. The van der Waals surface area contributed by atoms with E-state index in [1.807, 2.05) is 16.7 Å². The van der Waals surface area contributed by atoms with Crippen LogP contribution in [0.1, 0.15) is 47.7 Å². The molecule has 0 saturated carbocycles. The normalized spacial score (nSPS) is 20.7. The number of imidazole rings is 1. The van der Waals surface area contributed by atoms with Crippen LogP contribution in [0.15, 0.2) is 48.5 Å². The van der Waals surface area contributed by atoms with Crippen molar-refractivity contribution in [2.45, 2.75) is 57.1 Å². The summed E-state index contributed by atoms with van der Waals surface area (Å²) >= 11 is 0. The minimum Gasteiger partial charge on any atom is -0.490 e. The van der Waals surface area contributed by atoms with Gasteiger partial charge in [-0.25, -0.2) is 18.2 Å². The minimum atomic E-state index is -1.02. The van der Waals surface area contributed by atoms with Gasteiger partial charge in [0, 0.05) is 25.3 Å². The Labute approximate surface area is 274 Å². The Morgan fingerprint density at radius 3 is 2.52 bits per heavy atom. The molecule has 12 heteroatoms. The highest BCUT2D eigenvalue weighted by Gasteiger charge is 2.34. The Morgan fingerprint density at radius 1 is 1.04 bits per heavy atom. The lowest BCUT2D eigenvalue weighted by molar-refractivity contribution is -0.140. The summed E-state index contributed by atoms with van der Waals surface area (Å²) in [6.45, 7) is 2.84. The Kier molecular flexibility index (Phi) is 8.69. The molecule has 3 aromatic carbocycles. The second-order valence-electron chi connectivity index (χ2n) is 12.3. The van der Waals surface area contributed by atoms with E-state index in [0.717, 1.165) is 12.5 Å². The molecule has 48 heavy (non-hydrogen) atoms. The first-order valence-electron chi connectivity index (χ1n) is 15.8. The second-order valence-corrected chi connectivity index (χ2v) is 12.3.